The SMILES string of the molecule is Cn1cc(-c2cnc3c(c2)C(=O)NC3)c(F)n1. The first-order chi connectivity index (χ1) is 8.15. The highest BCUT2D eigenvalue weighted by Gasteiger charge is 2.21. The van der Waals surface area contributed by atoms with Gasteiger partial charge in [-0.15, -0.1) is 5.10 Å². The molecule has 0 spiro atoms. The van der Waals surface area contributed by atoms with E-state index in [2.05, 4.69) is 15.4 Å². The zero-order valence-electron chi connectivity index (χ0n) is 9.07. The van der Waals surface area contributed by atoms with Gasteiger partial charge in [-0.3, -0.25) is 14.5 Å². The molecule has 0 saturated heterocycles. The van der Waals surface area contributed by atoms with Crippen LogP contribution in [0.2, 0.25) is 0 Å². The van der Waals surface area contributed by atoms with E-state index in [0.29, 0.717) is 28.9 Å². The molecular formula is C11H9FN4O. The summed E-state index contributed by atoms with van der Waals surface area (Å²) in [6.45, 7) is 0.434. The minimum atomic E-state index is -0.562. The first kappa shape index (κ1) is 9.95. The maximum absolute atomic E-state index is 13.5. The topological polar surface area (TPSA) is 59.8 Å². The van der Waals surface area contributed by atoms with Crippen LogP contribution in [0, 0.1) is 5.95 Å². The summed E-state index contributed by atoms with van der Waals surface area (Å²) in [4.78, 5) is 15.6. The van der Waals surface area contributed by atoms with Gasteiger partial charge in [0.05, 0.1) is 23.4 Å². The number of nitrogens with zero attached hydrogens (tertiary/aromatic N) is 3. The molecule has 0 radical (unpaired) electrons. The highest BCUT2D eigenvalue weighted by atomic mass is 19.1. The lowest BCUT2D eigenvalue weighted by molar-refractivity contribution is 0.0966. The third kappa shape index (κ3) is 1.49. The second kappa shape index (κ2) is 3.38. The van der Waals surface area contributed by atoms with Gasteiger partial charge >= 0.3 is 0 Å². The number of hydrogen-bond acceptors (Lipinski definition) is 3. The van der Waals surface area contributed by atoms with E-state index < -0.39 is 5.95 Å². The normalized spacial score (nSPS) is 13.6. The number of nitrogens with one attached hydrogen (secondary N) is 1. The largest absolute Gasteiger partial charge is 0.346 e. The number of carbonyl (C=O) groups is 1. The lowest BCUT2D eigenvalue weighted by atomic mass is 10.1. The van der Waals surface area contributed by atoms with Gasteiger partial charge < -0.3 is 5.32 Å². The number of aryl methyl sites for hydroxylation is 1. The Hall–Kier alpha value is -2.24. The Kier molecular flexibility index (Phi) is 1.98. The van der Waals surface area contributed by atoms with Gasteiger partial charge in [-0.1, -0.05) is 0 Å². The Balaban J connectivity index is 2.14. The molecule has 2 aromatic heterocycles. The fourth-order valence-electron chi connectivity index (χ4n) is 1.89. The molecular weight excluding hydrogens is 223 g/mol. The van der Waals surface area contributed by atoms with Crippen molar-refractivity contribution in [2.75, 3.05) is 0 Å². The molecule has 0 atom stereocenters. The van der Waals surface area contributed by atoms with Gasteiger partial charge in [0, 0.05) is 25.0 Å². The van der Waals surface area contributed by atoms with E-state index in [4.69, 9.17) is 0 Å². The molecule has 17 heavy (non-hydrogen) atoms. The van der Waals surface area contributed by atoms with E-state index in [-0.39, 0.29) is 5.91 Å². The highest BCUT2D eigenvalue weighted by molar-refractivity contribution is 5.98. The van der Waals surface area contributed by atoms with Gasteiger partial charge in [-0.2, -0.15) is 4.39 Å². The van der Waals surface area contributed by atoms with Crippen LogP contribution in [-0.4, -0.2) is 20.7 Å². The predicted molar refractivity (Wildman–Crippen MR) is 57.6 cm³/mol. The van der Waals surface area contributed by atoms with Gasteiger partial charge in [0.2, 0.25) is 5.95 Å². The molecule has 1 aliphatic rings. The van der Waals surface area contributed by atoms with Crippen molar-refractivity contribution >= 4 is 5.91 Å². The molecule has 6 heteroatoms. The van der Waals surface area contributed by atoms with Crippen molar-refractivity contribution < 1.29 is 9.18 Å². The Morgan fingerprint density at radius 1 is 1.47 bits per heavy atom. The molecule has 0 aliphatic carbocycles. The van der Waals surface area contributed by atoms with E-state index in [1.54, 1.807) is 25.5 Å². The first-order valence-electron chi connectivity index (χ1n) is 5.12. The van der Waals surface area contributed by atoms with Gasteiger partial charge in [0.15, 0.2) is 0 Å². The lowest BCUT2D eigenvalue weighted by Gasteiger charge is -1.99. The second-order valence-corrected chi connectivity index (χ2v) is 3.91. The molecule has 1 amide bonds. The zero-order valence-corrected chi connectivity index (χ0v) is 9.07. The Morgan fingerprint density at radius 3 is 3.00 bits per heavy atom. The summed E-state index contributed by atoms with van der Waals surface area (Å²) in [5.41, 5.74) is 2.11. The summed E-state index contributed by atoms with van der Waals surface area (Å²) in [6, 6.07) is 1.64. The number of rotatable bonds is 1. The minimum absolute atomic E-state index is 0.168. The quantitative estimate of drug-likeness (QED) is 0.793. The van der Waals surface area contributed by atoms with Crippen LogP contribution >= 0.6 is 0 Å². The van der Waals surface area contributed by atoms with Gasteiger partial charge in [0.25, 0.3) is 5.91 Å². The maximum Gasteiger partial charge on any atom is 0.253 e. The summed E-state index contributed by atoms with van der Waals surface area (Å²) in [5.74, 6) is -0.730. The summed E-state index contributed by atoms with van der Waals surface area (Å²) < 4.78 is 14.9. The number of hydrogen-bond donors (Lipinski definition) is 1. The van der Waals surface area contributed by atoms with E-state index in [9.17, 15) is 9.18 Å². The summed E-state index contributed by atoms with van der Waals surface area (Å²) in [6.07, 6.45) is 3.12. The number of amides is 1. The molecule has 3 heterocycles. The summed E-state index contributed by atoms with van der Waals surface area (Å²) in [5, 5.41) is 6.29. The molecule has 0 fully saturated rings. The van der Waals surface area contributed by atoms with Crippen LogP contribution in [-0.2, 0) is 13.6 Å². The van der Waals surface area contributed by atoms with Crippen LogP contribution in [0.1, 0.15) is 16.1 Å². The van der Waals surface area contributed by atoms with Crippen molar-refractivity contribution in [2.45, 2.75) is 6.54 Å². The van der Waals surface area contributed by atoms with Gasteiger partial charge in [-0.25, -0.2) is 0 Å². The molecule has 0 unspecified atom stereocenters. The lowest BCUT2D eigenvalue weighted by Crippen LogP contribution is -2.12. The van der Waals surface area contributed by atoms with Crippen LogP contribution in [0.5, 0.6) is 0 Å². The number of aromatic nitrogens is 3. The van der Waals surface area contributed by atoms with E-state index in [0.717, 1.165) is 0 Å². The van der Waals surface area contributed by atoms with Crippen LogP contribution < -0.4 is 5.32 Å². The van der Waals surface area contributed by atoms with Crippen molar-refractivity contribution in [3.05, 3.63) is 35.7 Å². The molecule has 0 aromatic carbocycles. The highest BCUT2D eigenvalue weighted by Crippen LogP contribution is 2.24. The Labute approximate surface area is 96.3 Å². The summed E-state index contributed by atoms with van der Waals surface area (Å²) >= 11 is 0. The van der Waals surface area contributed by atoms with Crippen LogP contribution in [0.4, 0.5) is 4.39 Å². The first-order valence-corrected chi connectivity index (χ1v) is 5.12. The number of halogens is 1. The molecule has 5 nitrogen and oxygen atoms in total. The Morgan fingerprint density at radius 2 is 2.29 bits per heavy atom. The number of carbonyl (C=O) groups excluding carboxylic acids is 1. The maximum atomic E-state index is 13.5. The van der Waals surface area contributed by atoms with Crippen LogP contribution in [0.25, 0.3) is 11.1 Å². The molecule has 0 bridgehead atoms. The van der Waals surface area contributed by atoms with Crippen molar-refractivity contribution in [1.29, 1.82) is 0 Å². The summed E-state index contributed by atoms with van der Waals surface area (Å²) in [7, 11) is 1.64. The predicted octanol–water partition coefficient (Wildman–Crippen LogP) is 0.865. The van der Waals surface area contributed by atoms with Gasteiger partial charge in [-0.05, 0) is 6.07 Å². The zero-order chi connectivity index (χ0) is 12.0. The molecule has 1 aliphatic heterocycles. The third-order valence-corrected chi connectivity index (χ3v) is 2.73. The van der Waals surface area contributed by atoms with Crippen molar-refractivity contribution in [3.8, 4) is 11.1 Å². The molecule has 2 aromatic rings. The van der Waals surface area contributed by atoms with Crippen molar-refractivity contribution in [3.63, 3.8) is 0 Å². The fraction of sp³-hybridized carbons (Fsp3) is 0.182. The second-order valence-electron chi connectivity index (χ2n) is 3.91. The van der Waals surface area contributed by atoms with E-state index in [1.807, 2.05) is 0 Å². The number of pyridine rings is 1. The van der Waals surface area contributed by atoms with E-state index in [1.165, 1.54) is 4.68 Å². The van der Waals surface area contributed by atoms with E-state index >= 15 is 0 Å². The molecule has 3 rings (SSSR count). The smallest absolute Gasteiger partial charge is 0.253 e. The molecule has 86 valence electrons. The van der Waals surface area contributed by atoms with Gasteiger partial charge in [0.1, 0.15) is 0 Å². The van der Waals surface area contributed by atoms with Crippen molar-refractivity contribution in [2.24, 2.45) is 7.05 Å². The van der Waals surface area contributed by atoms with Crippen LogP contribution in [0.3, 0.4) is 0 Å². The number of fused-ring (bicyclic) bond motifs is 1. The standard InChI is InChI=1S/C11H9FN4O/c1-16-5-8(10(12)15-16)6-2-7-9(13-3-6)4-14-11(7)17/h2-3,5H,4H2,1H3,(H,14,17). The van der Waals surface area contributed by atoms with Crippen LogP contribution in [0.15, 0.2) is 18.5 Å². The average molecular weight is 232 g/mol. The monoisotopic (exact) mass is 232 g/mol. The minimum Gasteiger partial charge on any atom is -0.346 e. The molecule has 0 saturated carbocycles. The molecule has 1 N–H and O–H groups in total. The Bertz CT molecular complexity index is 620. The fourth-order valence-corrected chi connectivity index (χ4v) is 1.89. The average Bonchev–Trinajstić information content (AvgIpc) is 2.83. The third-order valence-electron chi connectivity index (χ3n) is 2.73. The van der Waals surface area contributed by atoms with Crippen molar-refractivity contribution in [1.82, 2.24) is 20.1 Å².